The maximum Gasteiger partial charge on any atom is 0.142 e. The van der Waals surface area contributed by atoms with Crippen LogP contribution >= 0.6 is 11.6 Å². The minimum Gasteiger partial charge on any atom is -0.491 e. The maximum absolute atomic E-state index is 12.9. The predicted molar refractivity (Wildman–Crippen MR) is 61.9 cm³/mol. The molecule has 1 aromatic carbocycles. The zero-order valence-corrected chi connectivity index (χ0v) is 10.0. The monoisotopic (exact) mass is 260 g/mol. The molecule has 0 spiro atoms. The number of hydrogen-bond donors (Lipinski definition) is 1. The van der Waals surface area contributed by atoms with Crippen molar-refractivity contribution >= 4 is 11.6 Å². The molecule has 94 valence electrons. The summed E-state index contributed by atoms with van der Waals surface area (Å²) in [5.41, 5.74) is -0.862. The van der Waals surface area contributed by atoms with Gasteiger partial charge >= 0.3 is 0 Å². The summed E-state index contributed by atoms with van der Waals surface area (Å²) in [6.45, 7) is 1.23. The Balaban J connectivity index is 1.94. The highest BCUT2D eigenvalue weighted by atomic mass is 35.5. The predicted octanol–water partition coefficient (Wildman–Crippen LogP) is 2.40. The molecule has 3 nitrogen and oxygen atoms in total. The number of halogens is 2. The van der Waals surface area contributed by atoms with Gasteiger partial charge < -0.3 is 14.6 Å². The third-order valence-corrected chi connectivity index (χ3v) is 3.11. The molecular formula is C12H14ClFO3. The summed E-state index contributed by atoms with van der Waals surface area (Å²) in [6.07, 6.45) is 1.09. The molecule has 0 amide bonds. The van der Waals surface area contributed by atoms with E-state index in [4.69, 9.17) is 21.1 Å². The minimum absolute atomic E-state index is 0.0152. The summed E-state index contributed by atoms with van der Waals surface area (Å²) >= 11 is 5.63. The average molecular weight is 261 g/mol. The lowest BCUT2D eigenvalue weighted by molar-refractivity contribution is -0.0855. The van der Waals surface area contributed by atoms with Gasteiger partial charge in [0.1, 0.15) is 23.8 Å². The molecule has 0 bridgehead atoms. The van der Waals surface area contributed by atoms with Gasteiger partial charge in [0.2, 0.25) is 0 Å². The Morgan fingerprint density at radius 2 is 2.12 bits per heavy atom. The van der Waals surface area contributed by atoms with E-state index in [-0.39, 0.29) is 11.6 Å². The summed E-state index contributed by atoms with van der Waals surface area (Å²) in [5, 5.41) is 10.2. The zero-order valence-electron chi connectivity index (χ0n) is 9.29. The second-order valence-electron chi connectivity index (χ2n) is 4.20. The van der Waals surface area contributed by atoms with Gasteiger partial charge in [-0.25, -0.2) is 4.39 Å². The van der Waals surface area contributed by atoms with Crippen molar-refractivity contribution in [3.05, 3.63) is 29.0 Å². The number of rotatable bonds is 3. The van der Waals surface area contributed by atoms with Crippen molar-refractivity contribution in [2.45, 2.75) is 18.4 Å². The molecule has 2 rings (SSSR count). The van der Waals surface area contributed by atoms with Crippen molar-refractivity contribution in [3.8, 4) is 5.75 Å². The smallest absolute Gasteiger partial charge is 0.142 e. The van der Waals surface area contributed by atoms with E-state index in [0.717, 1.165) is 0 Å². The van der Waals surface area contributed by atoms with Gasteiger partial charge in [0.25, 0.3) is 0 Å². The fraction of sp³-hybridized carbons (Fsp3) is 0.500. The maximum atomic E-state index is 12.9. The highest BCUT2D eigenvalue weighted by Gasteiger charge is 2.30. The van der Waals surface area contributed by atoms with Crippen LogP contribution in [0.15, 0.2) is 18.2 Å². The largest absolute Gasteiger partial charge is 0.491 e. The first kappa shape index (κ1) is 12.6. The van der Waals surface area contributed by atoms with E-state index >= 15 is 0 Å². The molecule has 0 atom stereocenters. The number of hydrogen-bond acceptors (Lipinski definition) is 3. The van der Waals surface area contributed by atoms with Gasteiger partial charge in [-0.05, 0) is 12.1 Å². The van der Waals surface area contributed by atoms with Gasteiger partial charge in [0.15, 0.2) is 0 Å². The molecule has 1 N–H and O–H groups in total. The van der Waals surface area contributed by atoms with Crippen molar-refractivity contribution in [1.29, 1.82) is 0 Å². The Bertz CT molecular complexity index is 391. The van der Waals surface area contributed by atoms with Crippen LogP contribution in [0, 0.1) is 5.82 Å². The van der Waals surface area contributed by atoms with Crippen molar-refractivity contribution in [3.63, 3.8) is 0 Å². The second kappa shape index (κ2) is 5.21. The van der Waals surface area contributed by atoms with Crippen LogP contribution in [-0.2, 0) is 4.74 Å². The van der Waals surface area contributed by atoms with Crippen molar-refractivity contribution in [2.75, 3.05) is 19.8 Å². The highest BCUT2D eigenvalue weighted by Crippen LogP contribution is 2.25. The Morgan fingerprint density at radius 3 is 2.76 bits per heavy atom. The van der Waals surface area contributed by atoms with Crippen molar-refractivity contribution in [1.82, 2.24) is 0 Å². The van der Waals surface area contributed by atoms with Gasteiger partial charge in [-0.1, -0.05) is 11.6 Å². The van der Waals surface area contributed by atoms with Gasteiger partial charge in [-0.15, -0.1) is 0 Å². The Labute approximate surface area is 104 Å². The third kappa shape index (κ3) is 3.31. The van der Waals surface area contributed by atoms with E-state index in [9.17, 15) is 9.50 Å². The van der Waals surface area contributed by atoms with Crippen LogP contribution in [0.5, 0.6) is 5.75 Å². The molecule has 1 heterocycles. The summed E-state index contributed by atoms with van der Waals surface area (Å²) in [6, 6.07) is 4.13. The van der Waals surface area contributed by atoms with Crippen LogP contribution < -0.4 is 4.74 Å². The molecule has 0 unspecified atom stereocenters. The summed E-state index contributed by atoms with van der Waals surface area (Å²) in [5.74, 6) is -0.0277. The van der Waals surface area contributed by atoms with Crippen LogP contribution in [0.1, 0.15) is 12.8 Å². The zero-order chi connectivity index (χ0) is 12.3. The molecular weight excluding hydrogens is 247 g/mol. The van der Waals surface area contributed by atoms with E-state index in [2.05, 4.69) is 0 Å². The lowest BCUT2D eigenvalue weighted by atomic mass is 9.96. The molecule has 0 saturated carbocycles. The van der Waals surface area contributed by atoms with E-state index in [1.807, 2.05) is 0 Å². The quantitative estimate of drug-likeness (QED) is 0.907. The first-order chi connectivity index (χ1) is 8.09. The first-order valence-corrected chi connectivity index (χ1v) is 5.85. The molecule has 1 fully saturated rings. The van der Waals surface area contributed by atoms with Crippen molar-refractivity contribution in [2.24, 2.45) is 0 Å². The normalized spacial score (nSPS) is 19.0. The Kier molecular flexibility index (Phi) is 3.86. The fourth-order valence-electron chi connectivity index (χ4n) is 1.68. The molecule has 0 aliphatic carbocycles. The highest BCUT2D eigenvalue weighted by molar-refractivity contribution is 6.30. The van der Waals surface area contributed by atoms with E-state index in [1.165, 1.54) is 18.2 Å². The van der Waals surface area contributed by atoms with Gasteiger partial charge in [-0.3, -0.25) is 0 Å². The topological polar surface area (TPSA) is 38.7 Å². The lowest BCUT2D eigenvalue weighted by Crippen LogP contribution is -2.41. The molecule has 1 aromatic rings. The van der Waals surface area contributed by atoms with Crippen LogP contribution in [0.4, 0.5) is 4.39 Å². The third-order valence-electron chi connectivity index (χ3n) is 2.82. The minimum atomic E-state index is -0.862. The van der Waals surface area contributed by atoms with Crippen LogP contribution in [0.2, 0.25) is 5.02 Å². The van der Waals surface area contributed by atoms with Gasteiger partial charge in [-0.2, -0.15) is 0 Å². The van der Waals surface area contributed by atoms with Crippen LogP contribution in [-0.4, -0.2) is 30.5 Å². The SMILES string of the molecule is OC1(COc2ccc(F)c(Cl)c2)CCOCC1. The standard InChI is InChI=1S/C12H14ClFO3/c13-10-7-9(1-2-11(10)14)17-8-12(15)3-5-16-6-4-12/h1-2,7,15H,3-6,8H2. The number of ether oxygens (including phenoxy) is 2. The van der Waals surface area contributed by atoms with E-state index in [1.54, 1.807) is 0 Å². The second-order valence-corrected chi connectivity index (χ2v) is 4.61. The molecule has 5 heteroatoms. The Hall–Kier alpha value is -0.840. The van der Waals surface area contributed by atoms with Crippen molar-refractivity contribution < 1.29 is 19.0 Å². The van der Waals surface area contributed by atoms with E-state index in [0.29, 0.717) is 31.8 Å². The number of aliphatic hydroxyl groups is 1. The molecule has 1 aliphatic rings. The average Bonchev–Trinajstić information content (AvgIpc) is 2.32. The fourth-order valence-corrected chi connectivity index (χ4v) is 1.85. The Morgan fingerprint density at radius 1 is 1.41 bits per heavy atom. The number of benzene rings is 1. The summed E-state index contributed by atoms with van der Waals surface area (Å²) < 4.78 is 23.5. The molecule has 0 radical (unpaired) electrons. The summed E-state index contributed by atoms with van der Waals surface area (Å²) in [7, 11) is 0. The summed E-state index contributed by atoms with van der Waals surface area (Å²) in [4.78, 5) is 0. The van der Waals surface area contributed by atoms with Gasteiger partial charge in [0, 0.05) is 32.1 Å². The first-order valence-electron chi connectivity index (χ1n) is 5.47. The lowest BCUT2D eigenvalue weighted by Gasteiger charge is -2.31. The molecule has 0 aromatic heterocycles. The van der Waals surface area contributed by atoms with Crippen LogP contribution in [0.3, 0.4) is 0 Å². The van der Waals surface area contributed by atoms with Gasteiger partial charge in [0.05, 0.1) is 5.02 Å². The molecule has 17 heavy (non-hydrogen) atoms. The van der Waals surface area contributed by atoms with E-state index < -0.39 is 11.4 Å². The molecule has 1 saturated heterocycles. The molecule has 1 aliphatic heterocycles. The van der Waals surface area contributed by atoms with Crippen LogP contribution in [0.25, 0.3) is 0 Å².